The molecule has 4 aromatic carbocycles. The van der Waals surface area contributed by atoms with Crippen LogP contribution in [0.25, 0.3) is 0 Å². The summed E-state index contributed by atoms with van der Waals surface area (Å²) in [5, 5.41) is 0. The van der Waals surface area contributed by atoms with Crippen molar-refractivity contribution < 1.29 is 28.5 Å². The summed E-state index contributed by atoms with van der Waals surface area (Å²) < 4.78 is 22.1. The minimum atomic E-state index is -0.600. The maximum atomic E-state index is 12.7. The van der Waals surface area contributed by atoms with Crippen molar-refractivity contribution in [3.8, 4) is 17.2 Å². The van der Waals surface area contributed by atoms with Crippen LogP contribution in [0.15, 0.2) is 109 Å². The van der Waals surface area contributed by atoms with Gasteiger partial charge in [-0.25, -0.2) is 9.59 Å². The van der Waals surface area contributed by atoms with Crippen molar-refractivity contribution in [1.29, 1.82) is 0 Å². The summed E-state index contributed by atoms with van der Waals surface area (Å²) in [4.78, 5) is 25.2. The number of carbonyl (C=O) groups is 2. The van der Waals surface area contributed by atoms with E-state index in [4.69, 9.17) is 18.9 Å². The predicted molar refractivity (Wildman–Crippen MR) is 136 cm³/mol. The van der Waals surface area contributed by atoms with E-state index in [1.807, 2.05) is 48.5 Å². The lowest BCUT2D eigenvalue weighted by Gasteiger charge is -2.11. The summed E-state index contributed by atoms with van der Waals surface area (Å²) in [5.41, 5.74) is 1.69. The largest absolute Gasteiger partial charge is 0.493 e. The second kappa shape index (κ2) is 12.8. The zero-order valence-corrected chi connectivity index (χ0v) is 19.7. The first-order valence-corrected chi connectivity index (χ1v) is 11.6. The third-order valence-electron chi connectivity index (χ3n) is 5.23. The summed E-state index contributed by atoms with van der Waals surface area (Å²) in [6, 6.07) is 32.5. The third kappa shape index (κ3) is 7.21. The van der Waals surface area contributed by atoms with Crippen LogP contribution in [0.5, 0.6) is 17.2 Å². The topological polar surface area (TPSA) is 71.1 Å². The Morgan fingerprint density at radius 2 is 1.17 bits per heavy atom. The molecule has 0 aliphatic carbocycles. The van der Waals surface area contributed by atoms with Crippen LogP contribution in [0.2, 0.25) is 0 Å². The van der Waals surface area contributed by atoms with Gasteiger partial charge in [0.25, 0.3) is 0 Å². The molecular weight excluding hydrogens is 456 g/mol. The molecule has 6 nitrogen and oxygen atoms in total. The molecule has 182 valence electrons. The Bertz CT molecular complexity index is 1250. The maximum absolute atomic E-state index is 12.7. The van der Waals surface area contributed by atoms with E-state index in [2.05, 4.69) is 12.1 Å². The first kappa shape index (κ1) is 24.5. The van der Waals surface area contributed by atoms with Crippen LogP contribution < -0.4 is 14.2 Å². The van der Waals surface area contributed by atoms with Crippen molar-refractivity contribution in [2.75, 3.05) is 19.8 Å². The van der Waals surface area contributed by atoms with Crippen molar-refractivity contribution in [2.24, 2.45) is 0 Å². The molecule has 0 aromatic heterocycles. The van der Waals surface area contributed by atoms with Gasteiger partial charge in [-0.15, -0.1) is 0 Å². The number of hydrogen-bond donors (Lipinski definition) is 0. The van der Waals surface area contributed by atoms with Crippen LogP contribution in [0.1, 0.15) is 26.3 Å². The highest BCUT2D eigenvalue weighted by Gasteiger charge is 2.17. The number of para-hydroxylation sites is 2. The van der Waals surface area contributed by atoms with E-state index in [-0.39, 0.29) is 24.5 Å². The van der Waals surface area contributed by atoms with Crippen molar-refractivity contribution in [3.05, 3.63) is 126 Å². The Kier molecular flexibility index (Phi) is 8.70. The van der Waals surface area contributed by atoms with Gasteiger partial charge in [0.2, 0.25) is 0 Å². The van der Waals surface area contributed by atoms with E-state index < -0.39 is 11.9 Å². The molecule has 0 N–H and O–H groups in total. The van der Waals surface area contributed by atoms with Crippen LogP contribution in [0.4, 0.5) is 0 Å². The third-order valence-corrected chi connectivity index (χ3v) is 5.23. The van der Waals surface area contributed by atoms with Gasteiger partial charge >= 0.3 is 11.9 Å². The van der Waals surface area contributed by atoms with Gasteiger partial charge in [0.1, 0.15) is 36.0 Å². The van der Waals surface area contributed by atoms with Crippen LogP contribution in [0, 0.1) is 0 Å². The molecule has 0 amide bonds. The molecule has 6 heteroatoms. The molecule has 0 heterocycles. The zero-order valence-electron chi connectivity index (χ0n) is 19.7. The first-order chi connectivity index (χ1) is 17.7. The maximum Gasteiger partial charge on any atom is 0.343 e. The van der Waals surface area contributed by atoms with Gasteiger partial charge in [0.15, 0.2) is 0 Å². The molecule has 0 fully saturated rings. The average Bonchev–Trinajstić information content (AvgIpc) is 2.93. The van der Waals surface area contributed by atoms with Gasteiger partial charge in [-0.2, -0.15) is 0 Å². The molecular formula is C30H26O6. The fraction of sp³-hybridized carbons (Fsp3) is 0.133. The van der Waals surface area contributed by atoms with Crippen molar-refractivity contribution in [1.82, 2.24) is 0 Å². The lowest BCUT2D eigenvalue weighted by atomic mass is 10.2. The van der Waals surface area contributed by atoms with Gasteiger partial charge < -0.3 is 18.9 Å². The molecule has 0 bridgehead atoms. The van der Waals surface area contributed by atoms with Crippen LogP contribution in [-0.2, 0) is 11.2 Å². The van der Waals surface area contributed by atoms with E-state index in [0.29, 0.717) is 23.7 Å². The Hall–Kier alpha value is -4.58. The Morgan fingerprint density at radius 3 is 1.92 bits per heavy atom. The minimum Gasteiger partial charge on any atom is -0.493 e. The summed E-state index contributed by atoms with van der Waals surface area (Å²) in [6.45, 7) is 0.791. The van der Waals surface area contributed by atoms with Gasteiger partial charge in [0.05, 0.1) is 12.2 Å². The number of rotatable bonds is 11. The van der Waals surface area contributed by atoms with Gasteiger partial charge in [-0.3, -0.25) is 0 Å². The monoisotopic (exact) mass is 482 g/mol. The molecule has 4 aromatic rings. The first-order valence-electron chi connectivity index (χ1n) is 11.6. The summed E-state index contributed by atoms with van der Waals surface area (Å²) in [6.07, 6.45) is 0.788. The number of esters is 2. The Balaban J connectivity index is 1.28. The van der Waals surface area contributed by atoms with Gasteiger partial charge in [-0.05, 0) is 54.1 Å². The Labute approximate surface area is 210 Å². The van der Waals surface area contributed by atoms with Crippen LogP contribution in [-0.4, -0.2) is 31.8 Å². The van der Waals surface area contributed by atoms with Crippen LogP contribution in [0.3, 0.4) is 0 Å². The number of benzene rings is 4. The van der Waals surface area contributed by atoms with Gasteiger partial charge in [0, 0.05) is 6.42 Å². The van der Waals surface area contributed by atoms with E-state index >= 15 is 0 Å². The molecule has 4 rings (SSSR count). The summed E-state index contributed by atoms with van der Waals surface area (Å²) in [5.74, 6) is 0.287. The molecule has 0 atom stereocenters. The second-order valence-corrected chi connectivity index (χ2v) is 7.79. The second-order valence-electron chi connectivity index (χ2n) is 7.79. The van der Waals surface area contributed by atoms with Crippen LogP contribution >= 0.6 is 0 Å². The SMILES string of the molecule is O=C(Oc1ccccc1C(=O)OCCOc1ccccc1)c1ccc(OCCc2ccccc2)cc1. The van der Waals surface area contributed by atoms with E-state index in [0.717, 1.165) is 6.42 Å². The summed E-state index contributed by atoms with van der Waals surface area (Å²) in [7, 11) is 0. The van der Waals surface area contributed by atoms with E-state index in [9.17, 15) is 9.59 Å². The van der Waals surface area contributed by atoms with Crippen molar-refractivity contribution >= 4 is 11.9 Å². The number of carbonyl (C=O) groups excluding carboxylic acids is 2. The highest BCUT2D eigenvalue weighted by atomic mass is 16.6. The molecule has 0 unspecified atom stereocenters. The quantitative estimate of drug-likeness (QED) is 0.154. The van der Waals surface area contributed by atoms with Crippen molar-refractivity contribution in [2.45, 2.75) is 6.42 Å². The molecule has 0 aliphatic rings. The lowest BCUT2D eigenvalue weighted by Crippen LogP contribution is -2.15. The Morgan fingerprint density at radius 1 is 0.556 bits per heavy atom. The van der Waals surface area contributed by atoms with E-state index in [1.165, 1.54) is 5.56 Å². The molecule has 0 saturated carbocycles. The van der Waals surface area contributed by atoms with Gasteiger partial charge in [-0.1, -0.05) is 60.7 Å². The predicted octanol–water partition coefficient (Wildman–Crippen LogP) is 5.76. The standard InChI is InChI=1S/C30H26O6/c31-29(24-15-17-26(18-16-24)33-20-19-23-9-3-1-4-10-23)36-28-14-8-7-13-27(28)30(32)35-22-21-34-25-11-5-2-6-12-25/h1-18H,19-22H2. The number of hydrogen-bond acceptors (Lipinski definition) is 6. The summed E-state index contributed by atoms with van der Waals surface area (Å²) >= 11 is 0. The normalized spacial score (nSPS) is 10.3. The lowest BCUT2D eigenvalue weighted by molar-refractivity contribution is 0.0445. The highest BCUT2D eigenvalue weighted by molar-refractivity contribution is 5.96. The van der Waals surface area contributed by atoms with Crippen molar-refractivity contribution in [3.63, 3.8) is 0 Å². The average molecular weight is 483 g/mol. The van der Waals surface area contributed by atoms with E-state index in [1.54, 1.807) is 48.5 Å². The molecule has 0 radical (unpaired) electrons. The molecule has 0 saturated heterocycles. The molecule has 0 aliphatic heterocycles. The zero-order chi connectivity index (χ0) is 25.0. The number of ether oxygens (including phenoxy) is 4. The minimum absolute atomic E-state index is 0.0573. The molecule has 36 heavy (non-hydrogen) atoms. The fourth-order valence-electron chi connectivity index (χ4n) is 3.39. The smallest absolute Gasteiger partial charge is 0.343 e. The molecule has 0 spiro atoms. The fourth-order valence-corrected chi connectivity index (χ4v) is 3.39. The highest BCUT2D eigenvalue weighted by Crippen LogP contribution is 2.21.